The molecule has 1 N–H and O–H groups in total. The Morgan fingerprint density at radius 2 is 2.44 bits per heavy atom. The first-order valence-corrected chi connectivity index (χ1v) is 5.54. The van der Waals surface area contributed by atoms with Crippen molar-refractivity contribution in [1.82, 2.24) is 15.1 Å². The first-order valence-electron chi connectivity index (χ1n) is 5.54. The summed E-state index contributed by atoms with van der Waals surface area (Å²) in [4.78, 5) is 0. The second-order valence-electron chi connectivity index (χ2n) is 4.07. The zero-order chi connectivity index (χ0) is 12.0. The maximum Gasteiger partial charge on any atom is 0.0672 e. The van der Waals surface area contributed by atoms with E-state index in [1.54, 1.807) is 0 Å². The maximum absolute atomic E-state index is 5.41. The van der Waals surface area contributed by atoms with E-state index in [2.05, 4.69) is 23.9 Å². The molecule has 1 aromatic heterocycles. The lowest BCUT2D eigenvalue weighted by Crippen LogP contribution is -2.25. The summed E-state index contributed by atoms with van der Waals surface area (Å²) in [5, 5.41) is 7.52. The molecule has 90 valence electrons. The summed E-state index contributed by atoms with van der Waals surface area (Å²) in [6.07, 6.45) is 1.81. The molecule has 0 saturated carbocycles. The van der Waals surface area contributed by atoms with Crippen molar-refractivity contribution in [3.8, 4) is 0 Å². The van der Waals surface area contributed by atoms with Crippen LogP contribution in [0.25, 0.3) is 0 Å². The molecule has 0 saturated heterocycles. The predicted octanol–water partition coefficient (Wildman–Crippen LogP) is 1.66. The lowest BCUT2D eigenvalue weighted by atomic mass is 10.2. The van der Waals surface area contributed by atoms with Crippen LogP contribution in [0, 0.1) is 0 Å². The fraction of sp³-hybridized carbons (Fsp3) is 0.583. The predicted molar refractivity (Wildman–Crippen MR) is 65.3 cm³/mol. The van der Waals surface area contributed by atoms with Gasteiger partial charge in [-0.25, -0.2) is 0 Å². The molecule has 4 heteroatoms. The molecule has 0 spiro atoms. The number of rotatable bonds is 7. The second-order valence-corrected chi connectivity index (χ2v) is 4.07. The minimum atomic E-state index is 0.293. The molecular weight excluding hydrogens is 202 g/mol. The van der Waals surface area contributed by atoms with Crippen LogP contribution in [0.4, 0.5) is 0 Å². The van der Waals surface area contributed by atoms with Crippen molar-refractivity contribution in [3.05, 3.63) is 30.1 Å². The number of nitrogens with zero attached hydrogens (tertiary/aromatic N) is 2. The van der Waals surface area contributed by atoms with Crippen molar-refractivity contribution < 1.29 is 4.74 Å². The molecule has 0 aliphatic rings. The highest BCUT2D eigenvalue weighted by atomic mass is 16.5. The summed E-state index contributed by atoms with van der Waals surface area (Å²) < 4.78 is 7.29. The SMILES string of the molecule is C=C(C)COCCNC(C)c1ccnn1C. The Balaban J connectivity index is 2.18. The number of aryl methyl sites for hydroxylation is 1. The van der Waals surface area contributed by atoms with Crippen LogP contribution in [0.5, 0.6) is 0 Å². The van der Waals surface area contributed by atoms with Gasteiger partial charge in [0, 0.05) is 25.8 Å². The van der Waals surface area contributed by atoms with Gasteiger partial charge in [-0.1, -0.05) is 12.2 Å². The topological polar surface area (TPSA) is 39.1 Å². The van der Waals surface area contributed by atoms with E-state index in [9.17, 15) is 0 Å². The Hall–Kier alpha value is -1.13. The van der Waals surface area contributed by atoms with Gasteiger partial charge in [0.05, 0.1) is 18.9 Å². The minimum Gasteiger partial charge on any atom is -0.376 e. The molecule has 0 aliphatic carbocycles. The zero-order valence-corrected chi connectivity index (χ0v) is 10.4. The Kier molecular flexibility index (Phi) is 5.22. The molecule has 1 unspecified atom stereocenters. The van der Waals surface area contributed by atoms with Gasteiger partial charge in [-0.3, -0.25) is 4.68 Å². The number of hydrogen-bond acceptors (Lipinski definition) is 3. The molecule has 1 rings (SSSR count). The summed E-state index contributed by atoms with van der Waals surface area (Å²) in [5.41, 5.74) is 2.24. The van der Waals surface area contributed by atoms with Crippen molar-refractivity contribution in [2.24, 2.45) is 7.05 Å². The molecule has 4 nitrogen and oxygen atoms in total. The normalized spacial score (nSPS) is 12.7. The molecule has 1 heterocycles. The number of aromatic nitrogens is 2. The van der Waals surface area contributed by atoms with Crippen molar-refractivity contribution in [2.45, 2.75) is 19.9 Å². The number of nitrogens with one attached hydrogen (secondary N) is 1. The Morgan fingerprint density at radius 3 is 3.00 bits per heavy atom. The highest BCUT2D eigenvalue weighted by Gasteiger charge is 2.07. The minimum absolute atomic E-state index is 0.293. The third-order valence-electron chi connectivity index (χ3n) is 2.35. The fourth-order valence-corrected chi connectivity index (χ4v) is 1.51. The van der Waals surface area contributed by atoms with Gasteiger partial charge >= 0.3 is 0 Å². The highest BCUT2D eigenvalue weighted by Crippen LogP contribution is 2.09. The first kappa shape index (κ1) is 12.9. The zero-order valence-electron chi connectivity index (χ0n) is 10.4. The summed E-state index contributed by atoms with van der Waals surface area (Å²) in [7, 11) is 1.95. The van der Waals surface area contributed by atoms with Crippen molar-refractivity contribution in [1.29, 1.82) is 0 Å². The fourth-order valence-electron chi connectivity index (χ4n) is 1.51. The summed E-state index contributed by atoms with van der Waals surface area (Å²) in [6.45, 7) is 10.0. The Bertz CT molecular complexity index is 333. The number of ether oxygens (including phenoxy) is 1. The average molecular weight is 223 g/mol. The van der Waals surface area contributed by atoms with E-state index < -0.39 is 0 Å². The first-order chi connectivity index (χ1) is 7.61. The Labute approximate surface area is 97.3 Å². The van der Waals surface area contributed by atoms with E-state index in [0.29, 0.717) is 19.3 Å². The third kappa shape index (κ3) is 4.16. The van der Waals surface area contributed by atoms with Crippen LogP contribution < -0.4 is 5.32 Å². The smallest absolute Gasteiger partial charge is 0.0672 e. The lowest BCUT2D eigenvalue weighted by Gasteiger charge is -2.14. The monoisotopic (exact) mass is 223 g/mol. The van der Waals surface area contributed by atoms with Crippen LogP contribution >= 0.6 is 0 Å². The van der Waals surface area contributed by atoms with Crippen molar-refractivity contribution in [2.75, 3.05) is 19.8 Å². The summed E-state index contributed by atoms with van der Waals surface area (Å²) in [6, 6.07) is 2.31. The van der Waals surface area contributed by atoms with E-state index in [-0.39, 0.29) is 0 Å². The average Bonchev–Trinajstić information content (AvgIpc) is 2.63. The summed E-state index contributed by atoms with van der Waals surface area (Å²) in [5.74, 6) is 0. The van der Waals surface area contributed by atoms with E-state index >= 15 is 0 Å². The van der Waals surface area contributed by atoms with E-state index in [1.807, 2.05) is 30.9 Å². The maximum atomic E-state index is 5.41. The van der Waals surface area contributed by atoms with Gasteiger partial charge in [-0.05, 0) is 19.9 Å². The molecule has 16 heavy (non-hydrogen) atoms. The third-order valence-corrected chi connectivity index (χ3v) is 2.35. The number of hydrogen-bond donors (Lipinski definition) is 1. The molecule has 1 atom stereocenters. The van der Waals surface area contributed by atoms with Crippen molar-refractivity contribution in [3.63, 3.8) is 0 Å². The lowest BCUT2D eigenvalue weighted by molar-refractivity contribution is 0.155. The van der Waals surface area contributed by atoms with Crippen molar-refractivity contribution >= 4 is 0 Å². The Morgan fingerprint density at radius 1 is 1.69 bits per heavy atom. The molecule has 0 aromatic carbocycles. The quantitative estimate of drug-likeness (QED) is 0.564. The second kappa shape index (κ2) is 6.45. The standard InChI is InChI=1S/C12H21N3O/c1-10(2)9-16-8-7-13-11(3)12-5-6-14-15(12)4/h5-6,11,13H,1,7-9H2,2-4H3. The van der Waals surface area contributed by atoms with Gasteiger partial charge in [0.15, 0.2) is 0 Å². The highest BCUT2D eigenvalue weighted by molar-refractivity contribution is 5.05. The molecule has 0 radical (unpaired) electrons. The van der Waals surface area contributed by atoms with Crippen LogP contribution in [-0.4, -0.2) is 29.5 Å². The van der Waals surface area contributed by atoms with Gasteiger partial charge < -0.3 is 10.1 Å². The molecule has 1 aromatic rings. The van der Waals surface area contributed by atoms with E-state index in [1.165, 1.54) is 5.69 Å². The van der Waals surface area contributed by atoms with Crippen LogP contribution in [0.2, 0.25) is 0 Å². The molecular formula is C12H21N3O. The van der Waals surface area contributed by atoms with Crippen LogP contribution in [0.15, 0.2) is 24.4 Å². The van der Waals surface area contributed by atoms with Gasteiger partial charge in [0.2, 0.25) is 0 Å². The van der Waals surface area contributed by atoms with Gasteiger partial charge in [0.25, 0.3) is 0 Å². The van der Waals surface area contributed by atoms with Crippen LogP contribution in [0.1, 0.15) is 25.6 Å². The molecule has 0 aliphatic heterocycles. The molecule has 0 fully saturated rings. The van der Waals surface area contributed by atoms with Crippen LogP contribution in [-0.2, 0) is 11.8 Å². The van der Waals surface area contributed by atoms with Gasteiger partial charge in [-0.15, -0.1) is 0 Å². The molecule has 0 amide bonds. The summed E-state index contributed by atoms with van der Waals surface area (Å²) >= 11 is 0. The molecule has 0 bridgehead atoms. The van der Waals surface area contributed by atoms with Gasteiger partial charge in [-0.2, -0.15) is 5.10 Å². The largest absolute Gasteiger partial charge is 0.376 e. The van der Waals surface area contributed by atoms with E-state index in [4.69, 9.17) is 4.74 Å². The van der Waals surface area contributed by atoms with Crippen LogP contribution in [0.3, 0.4) is 0 Å². The van der Waals surface area contributed by atoms with E-state index in [0.717, 1.165) is 12.1 Å². The van der Waals surface area contributed by atoms with Gasteiger partial charge in [0.1, 0.15) is 0 Å².